The lowest BCUT2D eigenvalue weighted by atomic mass is 10.1. The zero-order valence-corrected chi connectivity index (χ0v) is 11.5. The van der Waals surface area contributed by atoms with Crippen LogP contribution in [0.4, 0.5) is 11.4 Å². The molecule has 0 atom stereocenters. The molecule has 6 heteroatoms. The predicted octanol–water partition coefficient (Wildman–Crippen LogP) is 2.58. The van der Waals surface area contributed by atoms with E-state index in [0.29, 0.717) is 0 Å². The van der Waals surface area contributed by atoms with Gasteiger partial charge in [0.05, 0.1) is 11.0 Å². The van der Waals surface area contributed by atoms with E-state index in [1.54, 1.807) is 13.0 Å². The fourth-order valence-electron chi connectivity index (χ4n) is 1.48. The smallest absolute Gasteiger partial charge is 0.293 e. The first-order valence-electron chi connectivity index (χ1n) is 5.98. The summed E-state index contributed by atoms with van der Waals surface area (Å²) in [4.78, 5) is 22.1. The molecule has 0 aliphatic carbocycles. The van der Waals surface area contributed by atoms with Crippen LogP contribution in [0, 0.1) is 24.0 Å². The van der Waals surface area contributed by atoms with Gasteiger partial charge in [-0.1, -0.05) is 0 Å². The fraction of sp³-hybridized carbons (Fsp3) is 0.462. The van der Waals surface area contributed by atoms with Gasteiger partial charge in [0.25, 0.3) is 11.6 Å². The summed E-state index contributed by atoms with van der Waals surface area (Å²) in [6.07, 6.45) is -0.0690. The van der Waals surface area contributed by atoms with Crippen molar-refractivity contribution in [2.75, 3.05) is 11.9 Å². The third-order valence-corrected chi connectivity index (χ3v) is 2.63. The molecule has 1 aromatic rings. The highest BCUT2D eigenvalue weighted by Gasteiger charge is 2.17. The SMILES string of the molecule is Cc1cc(NC(=O)COC(C)C)c([N+](=O)[O-])cc1C. The predicted molar refractivity (Wildman–Crippen MR) is 72.3 cm³/mol. The number of nitro benzene ring substituents is 1. The number of benzene rings is 1. The quantitative estimate of drug-likeness (QED) is 0.656. The molecule has 0 radical (unpaired) electrons. The molecule has 0 aliphatic rings. The van der Waals surface area contributed by atoms with Crippen LogP contribution in [0.25, 0.3) is 0 Å². The first-order valence-corrected chi connectivity index (χ1v) is 5.98. The van der Waals surface area contributed by atoms with Crippen LogP contribution >= 0.6 is 0 Å². The Morgan fingerprint density at radius 2 is 1.95 bits per heavy atom. The highest BCUT2D eigenvalue weighted by molar-refractivity contribution is 5.94. The van der Waals surface area contributed by atoms with Gasteiger partial charge in [0.15, 0.2) is 0 Å². The maximum atomic E-state index is 11.6. The number of ether oxygens (including phenoxy) is 1. The van der Waals surface area contributed by atoms with Crippen molar-refractivity contribution in [2.45, 2.75) is 33.8 Å². The van der Waals surface area contributed by atoms with Crippen LogP contribution in [-0.4, -0.2) is 23.5 Å². The molecule has 0 heterocycles. The first kappa shape index (κ1) is 15.1. The average Bonchev–Trinajstić information content (AvgIpc) is 2.30. The second kappa shape index (κ2) is 6.29. The van der Waals surface area contributed by atoms with Crippen molar-refractivity contribution < 1.29 is 14.5 Å². The molecule has 6 nitrogen and oxygen atoms in total. The number of aryl methyl sites for hydroxylation is 2. The fourth-order valence-corrected chi connectivity index (χ4v) is 1.48. The van der Waals surface area contributed by atoms with Gasteiger partial charge in [-0.2, -0.15) is 0 Å². The number of hydrogen-bond donors (Lipinski definition) is 1. The van der Waals surface area contributed by atoms with Crippen molar-refractivity contribution in [2.24, 2.45) is 0 Å². The van der Waals surface area contributed by atoms with E-state index in [2.05, 4.69) is 5.32 Å². The highest BCUT2D eigenvalue weighted by Crippen LogP contribution is 2.27. The molecule has 0 saturated heterocycles. The molecule has 1 rings (SSSR count). The molecular formula is C13H18N2O4. The molecule has 1 amide bonds. The Kier molecular flexibility index (Phi) is 5.00. The molecule has 0 saturated carbocycles. The molecule has 0 aromatic heterocycles. The summed E-state index contributed by atoms with van der Waals surface area (Å²) in [7, 11) is 0. The van der Waals surface area contributed by atoms with Gasteiger partial charge in [0, 0.05) is 6.07 Å². The Morgan fingerprint density at radius 3 is 2.47 bits per heavy atom. The van der Waals surface area contributed by atoms with E-state index in [9.17, 15) is 14.9 Å². The van der Waals surface area contributed by atoms with Crippen LogP contribution in [0.3, 0.4) is 0 Å². The van der Waals surface area contributed by atoms with Crippen molar-refractivity contribution in [3.8, 4) is 0 Å². The maximum absolute atomic E-state index is 11.6. The highest BCUT2D eigenvalue weighted by atomic mass is 16.6. The van der Waals surface area contributed by atoms with Crippen LogP contribution in [0.15, 0.2) is 12.1 Å². The summed E-state index contributed by atoms with van der Waals surface area (Å²) in [6.45, 7) is 7.12. The summed E-state index contributed by atoms with van der Waals surface area (Å²) in [5, 5.41) is 13.5. The molecule has 0 aliphatic heterocycles. The Bertz CT molecular complexity index is 498. The van der Waals surface area contributed by atoms with Crippen molar-refractivity contribution in [1.29, 1.82) is 0 Å². The van der Waals surface area contributed by atoms with E-state index in [0.717, 1.165) is 11.1 Å². The summed E-state index contributed by atoms with van der Waals surface area (Å²) in [6, 6.07) is 3.05. The van der Waals surface area contributed by atoms with Crippen LogP contribution in [0.1, 0.15) is 25.0 Å². The first-order chi connectivity index (χ1) is 8.81. The summed E-state index contributed by atoms with van der Waals surface area (Å²) < 4.78 is 5.15. The number of rotatable bonds is 5. The van der Waals surface area contributed by atoms with E-state index in [4.69, 9.17) is 4.74 Å². The molecule has 19 heavy (non-hydrogen) atoms. The normalized spacial score (nSPS) is 10.6. The lowest BCUT2D eigenvalue weighted by Crippen LogP contribution is -2.21. The van der Waals surface area contributed by atoms with E-state index in [-0.39, 0.29) is 24.1 Å². The Hall–Kier alpha value is -1.95. The van der Waals surface area contributed by atoms with Gasteiger partial charge >= 0.3 is 0 Å². The minimum absolute atomic E-state index is 0.0690. The van der Waals surface area contributed by atoms with Crippen LogP contribution in [0.2, 0.25) is 0 Å². The lowest BCUT2D eigenvalue weighted by Gasteiger charge is -2.10. The summed E-state index contributed by atoms with van der Waals surface area (Å²) >= 11 is 0. The van der Waals surface area contributed by atoms with Gasteiger partial charge in [-0.15, -0.1) is 0 Å². The summed E-state index contributed by atoms with van der Waals surface area (Å²) in [5.41, 5.74) is 1.78. The molecule has 0 unspecified atom stereocenters. The minimum atomic E-state index is -0.509. The molecule has 0 bridgehead atoms. The second-order valence-electron chi connectivity index (χ2n) is 4.62. The van der Waals surface area contributed by atoms with Gasteiger partial charge in [0.2, 0.25) is 0 Å². The van der Waals surface area contributed by atoms with Crippen molar-refractivity contribution in [1.82, 2.24) is 0 Å². The Morgan fingerprint density at radius 1 is 1.37 bits per heavy atom. The number of anilines is 1. The largest absolute Gasteiger partial charge is 0.369 e. The van der Waals surface area contributed by atoms with Gasteiger partial charge in [-0.3, -0.25) is 14.9 Å². The Balaban J connectivity index is 2.90. The van der Waals surface area contributed by atoms with E-state index in [1.807, 2.05) is 20.8 Å². The van der Waals surface area contributed by atoms with Crippen LogP contribution < -0.4 is 5.32 Å². The number of nitrogens with one attached hydrogen (secondary N) is 1. The van der Waals surface area contributed by atoms with Crippen molar-refractivity contribution in [3.05, 3.63) is 33.4 Å². The topological polar surface area (TPSA) is 81.5 Å². The zero-order chi connectivity index (χ0) is 14.6. The molecule has 0 fully saturated rings. The van der Waals surface area contributed by atoms with E-state index in [1.165, 1.54) is 6.07 Å². The molecular weight excluding hydrogens is 248 g/mol. The van der Waals surface area contributed by atoms with Crippen molar-refractivity contribution in [3.63, 3.8) is 0 Å². The number of amides is 1. The van der Waals surface area contributed by atoms with Crippen LogP contribution in [-0.2, 0) is 9.53 Å². The third kappa shape index (κ3) is 4.33. The van der Waals surface area contributed by atoms with E-state index >= 15 is 0 Å². The molecule has 0 spiro atoms. The molecule has 104 valence electrons. The zero-order valence-electron chi connectivity index (χ0n) is 11.5. The second-order valence-corrected chi connectivity index (χ2v) is 4.62. The monoisotopic (exact) mass is 266 g/mol. The number of carbonyl (C=O) groups excluding carboxylic acids is 1. The van der Waals surface area contributed by atoms with Crippen molar-refractivity contribution >= 4 is 17.3 Å². The molecule has 1 N–H and O–H groups in total. The van der Waals surface area contributed by atoms with Gasteiger partial charge in [-0.05, 0) is 44.9 Å². The van der Waals surface area contributed by atoms with Gasteiger partial charge in [-0.25, -0.2) is 0 Å². The average molecular weight is 266 g/mol. The lowest BCUT2D eigenvalue weighted by molar-refractivity contribution is -0.384. The maximum Gasteiger partial charge on any atom is 0.293 e. The summed E-state index contributed by atoms with van der Waals surface area (Å²) in [5.74, 6) is -0.403. The van der Waals surface area contributed by atoms with Gasteiger partial charge < -0.3 is 10.1 Å². The number of nitro groups is 1. The number of hydrogen-bond acceptors (Lipinski definition) is 4. The van der Waals surface area contributed by atoms with Gasteiger partial charge in [0.1, 0.15) is 12.3 Å². The van der Waals surface area contributed by atoms with E-state index < -0.39 is 10.8 Å². The minimum Gasteiger partial charge on any atom is -0.369 e. The third-order valence-electron chi connectivity index (χ3n) is 2.63. The Labute approximate surface area is 111 Å². The standard InChI is InChI=1S/C13H18N2O4/c1-8(2)19-7-13(16)14-11-5-9(3)10(4)6-12(11)15(17)18/h5-6,8H,7H2,1-4H3,(H,14,16). The number of carbonyl (C=O) groups is 1. The molecule has 1 aromatic carbocycles. The van der Waals surface area contributed by atoms with Crippen LogP contribution in [0.5, 0.6) is 0 Å². The number of nitrogens with zero attached hydrogens (tertiary/aromatic N) is 1.